The first kappa shape index (κ1) is 21.4. The third-order valence-electron chi connectivity index (χ3n) is 5.70. The molecule has 4 rings (SSSR count). The summed E-state index contributed by atoms with van der Waals surface area (Å²) in [5.41, 5.74) is 0.948. The van der Waals surface area contributed by atoms with Crippen LogP contribution in [0.4, 0.5) is 15.8 Å². The molecule has 2 aliphatic rings. The molecule has 0 aromatic heterocycles. The summed E-state index contributed by atoms with van der Waals surface area (Å²) in [5, 5.41) is 2.49. The van der Waals surface area contributed by atoms with Gasteiger partial charge in [0.1, 0.15) is 5.82 Å². The van der Waals surface area contributed by atoms with Crippen LogP contribution in [-0.4, -0.2) is 30.3 Å². The minimum atomic E-state index is -0.726. The average Bonchev–Trinajstić information content (AvgIpc) is 3.05. The number of ether oxygens (including phenoxy) is 1. The highest BCUT2D eigenvalue weighted by Crippen LogP contribution is 2.40. The third kappa shape index (κ3) is 4.16. The molecule has 0 radical (unpaired) electrons. The summed E-state index contributed by atoms with van der Waals surface area (Å²) in [4.78, 5) is 51.0. The number of hydrogen-bond donors (Lipinski definition) is 1. The van der Waals surface area contributed by atoms with Gasteiger partial charge in [-0.3, -0.25) is 19.3 Å². The van der Waals surface area contributed by atoms with Crippen molar-refractivity contribution in [3.8, 4) is 0 Å². The number of carbonyl (C=O) groups is 4. The number of amides is 3. The van der Waals surface area contributed by atoms with Crippen LogP contribution in [0.2, 0.25) is 0 Å². The fourth-order valence-corrected chi connectivity index (χ4v) is 4.09. The summed E-state index contributed by atoms with van der Waals surface area (Å²) in [6.45, 7) is 1.41. The van der Waals surface area contributed by atoms with Gasteiger partial charge in [0.05, 0.1) is 23.1 Å². The second kappa shape index (κ2) is 8.74. The van der Waals surface area contributed by atoms with Crippen LogP contribution in [0.3, 0.4) is 0 Å². The lowest BCUT2D eigenvalue weighted by molar-refractivity contribution is -0.123. The van der Waals surface area contributed by atoms with E-state index in [9.17, 15) is 23.6 Å². The number of allylic oxidation sites excluding steroid dienone is 2. The van der Waals surface area contributed by atoms with E-state index in [-0.39, 0.29) is 35.1 Å². The van der Waals surface area contributed by atoms with E-state index in [0.717, 1.165) is 0 Å². The second-order valence-electron chi connectivity index (χ2n) is 7.85. The van der Waals surface area contributed by atoms with Gasteiger partial charge >= 0.3 is 5.97 Å². The quantitative estimate of drug-likeness (QED) is 0.441. The molecule has 164 valence electrons. The Bertz CT molecular complexity index is 1090. The summed E-state index contributed by atoms with van der Waals surface area (Å²) in [7, 11) is 0. The summed E-state index contributed by atoms with van der Waals surface area (Å²) in [6.07, 6.45) is 4.44. The Morgan fingerprint density at radius 3 is 2.41 bits per heavy atom. The molecule has 1 heterocycles. The van der Waals surface area contributed by atoms with Crippen molar-refractivity contribution in [3.63, 3.8) is 0 Å². The number of anilines is 2. The first-order valence-electron chi connectivity index (χ1n) is 10.2. The van der Waals surface area contributed by atoms with Gasteiger partial charge in [-0.15, -0.1) is 0 Å². The Balaban J connectivity index is 1.36. The minimum Gasteiger partial charge on any atom is -0.452 e. The molecule has 2 aromatic carbocycles. The van der Waals surface area contributed by atoms with E-state index in [1.54, 1.807) is 0 Å². The Morgan fingerprint density at radius 1 is 1.06 bits per heavy atom. The van der Waals surface area contributed by atoms with E-state index in [1.165, 1.54) is 53.4 Å². The molecular formula is C24H21FN2O5. The molecule has 1 N–H and O–H groups in total. The van der Waals surface area contributed by atoms with Crippen LogP contribution in [0.1, 0.15) is 23.7 Å². The molecule has 3 amide bonds. The molecule has 1 saturated heterocycles. The zero-order valence-corrected chi connectivity index (χ0v) is 17.3. The van der Waals surface area contributed by atoms with Crippen LogP contribution in [0.25, 0.3) is 0 Å². The van der Waals surface area contributed by atoms with E-state index < -0.39 is 24.3 Å². The molecule has 3 atom stereocenters. The lowest BCUT2D eigenvalue weighted by Gasteiger charge is -2.22. The number of imide groups is 1. The summed E-state index contributed by atoms with van der Waals surface area (Å²) >= 11 is 0. The predicted octanol–water partition coefficient (Wildman–Crippen LogP) is 3.32. The number of halogens is 1. The van der Waals surface area contributed by atoms with Gasteiger partial charge in [-0.05, 0) is 60.9 Å². The van der Waals surface area contributed by atoms with Crippen molar-refractivity contribution in [1.82, 2.24) is 0 Å². The van der Waals surface area contributed by atoms with Gasteiger partial charge in [0.25, 0.3) is 5.91 Å². The number of nitrogens with zero attached hydrogens (tertiary/aromatic N) is 1. The standard InChI is InChI=1S/C24H21FN2O5/c1-14-3-2-4-19-21(14)23(30)27(22(19)29)18-11-5-15(6-12-18)24(31)32-13-20(28)26-17-9-7-16(25)8-10-17/h2-3,5-12,14,19,21H,4,13H2,1H3,(H,26,28)/t14-,19+,21+/m1/s1. The second-order valence-corrected chi connectivity index (χ2v) is 7.85. The van der Waals surface area contributed by atoms with E-state index in [1.807, 2.05) is 19.1 Å². The SMILES string of the molecule is C[C@@H]1C=CC[C@@H]2C(=O)N(c3ccc(C(=O)OCC(=O)Nc4ccc(F)cc4)cc3)C(=O)[C@@H]12. The number of fused-ring (bicyclic) bond motifs is 1. The number of hydrogen-bond acceptors (Lipinski definition) is 5. The number of carbonyl (C=O) groups excluding carboxylic acids is 4. The highest BCUT2D eigenvalue weighted by Gasteiger charge is 2.50. The Labute approximate surface area is 183 Å². The molecule has 7 nitrogen and oxygen atoms in total. The lowest BCUT2D eigenvalue weighted by Crippen LogP contribution is -2.31. The highest BCUT2D eigenvalue weighted by atomic mass is 19.1. The Kier molecular flexibility index (Phi) is 5.85. The first-order valence-corrected chi connectivity index (χ1v) is 10.2. The van der Waals surface area contributed by atoms with Crippen molar-refractivity contribution in [2.24, 2.45) is 17.8 Å². The van der Waals surface area contributed by atoms with Crippen molar-refractivity contribution in [1.29, 1.82) is 0 Å². The van der Waals surface area contributed by atoms with Crippen LogP contribution in [0.5, 0.6) is 0 Å². The predicted molar refractivity (Wildman–Crippen MR) is 114 cm³/mol. The molecule has 1 aliphatic carbocycles. The smallest absolute Gasteiger partial charge is 0.338 e. The summed E-state index contributed by atoms with van der Waals surface area (Å²) in [5.74, 6) is -2.92. The fourth-order valence-electron chi connectivity index (χ4n) is 4.09. The molecule has 0 bridgehead atoms. The lowest BCUT2D eigenvalue weighted by atomic mass is 9.78. The first-order chi connectivity index (χ1) is 15.3. The summed E-state index contributed by atoms with van der Waals surface area (Å²) < 4.78 is 17.9. The van der Waals surface area contributed by atoms with Crippen molar-refractivity contribution in [2.45, 2.75) is 13.3 Å². The van der Waals surface area contributed by atoms with Gasteiger partial charge in [0.2, 0.25) is 11.8 Å². The largest absolute Gasteiger partial charge is 0.452 e. The maximum absolute atomic E-state index is 12.9. The van der Waals surface area contributed by atoms with Crippen molar-refractivity contribution in [2.75, 3.05) is 16.8 Å². The van der Waals surface area contributed by atoms with Crippen LogP contribution in [-0.2, 0) is 19.1 Å². The van der Waals surface area contributed by atoms with Crippen molar-refractivity contribution < 1.29 is 28.3 Å². The van der Waals surface area contributed by atoms with E-state index in [2.05, 4.69) is 5.32 Å². The molecule has 0 spiro atoms. The molecule has 0 unspecified atom stereocenters. The van der Waals surface area contributed by atoms with Gasteiger partial charge < -0.3 is 10.1 Å². The molecule has 8 heteroatoms. The van der Waals surface area contributed by atoms with E-state index in [0.29, 0.717) is 17.8 Å². The molecule has 2 aromatic rings. The minimum absolute atomic E-state index is 0.00879. The molecular weight excluding hydrogens is 415 g/mol. The van der Waals surface area contributed by atoms with Crippen LogP contribution >= 0.6 is 0 Å². The van der Waals surface area contributed by atoms with Crippen LogP contribution in [0, 0.1) is 23.6 Å². The molecule has 0 saturated carbocycles. The van der Waals surface area contributed by atoms with E-state index in [4.69, 9.17) is 4.74 Å². The normalized spacial score (nSPS) is 21.9. The number of nitrogens with one attached hydrogen (secondary N) is 1. The Morgan fingerprint density at radius 2 is 1.75 bits per heavy atom. The highest BCUT2D eigenvalue weighted by molar-refractivity contribution is 6.22. The van der Waals surface area contributed by atoms with Gasteiger partial charge in [-0.25, -0.2) is 9.18 Å². The molecule has 1 fully saturated rings. The molecule has 32 heavy (non-hydrogen) atoms. The maximum atomic E-state index is 12.9. The zero-order chi connectivity index (χ0) is 22.8. The zero-order valence-electron chi connectivity index (χ0n) is 17.3. The monoisotopic (exact) mass is 436 g/mol. The van der Waals surface area contributed by atoms with E-state index >= 15 is 0 Å². The van der Waals surface area contributed by atoms with Gasteiger partial charge in [-0.2, -0.15) is 0 Å². The Hall–Kier alpha value is -3.81. The third-order valence-corrected chi connectivity index (χ3v) is 5.70. The van der Waals surface area contributed by atoms with Crippen LogP contribution in [0.15, 0.2) is 60.7 Å². The van der Waals surface area contributed by atoms with Crippen molar-refractivity contribution in [3.05, 3.63) is 72.1 Å². The molecule has 1 aliphatic heterocycles. The van der Waals surface area contributed by atoms with Crippen molar-refractivity contribution >= 4 is 35.1 Å². The van der Waals surface area contributed by atoms with Gasteiger partial charge in [-0.1, -0.05) is 19.1 Å². The fraction of sp³-hybridized carbons (Fsp3) is 0.250. The number of esters is 1. The summed E-state index contributed by atoms with van der Waals surface area (Å²) in [6, 6.07) is 11.1. The topological polar surface area (TPSA) is 92.8 Å². The van der Waals surface area contributed by atoms with Gasteiger partial charge in [0.15, 0.2) is 6.61 Å². The van der Waals surface area contributed by atoms with Crippen LogP contribution < -0.4 is 10.2 Å². The number of benzene rings is 2. The van der Waals surface area contributed by atoms with Gasteiger partial charge in [0, 0.05) is 5.69 Å². The number of rotatable bonds is 5. The average molecular weight is 436 g/mol. The maximum Gasteiger partial charge on any atom is 0.338 e.